The van der Waals surface area contributed by atoms with Crippen LogP contribution in [0.2, 0.25) is 5.02 Å². The smallest absolute Gasteiger partial charge is 0.179 e. The molecule has 0 fully saturated rings. The summed E-state index contributed by atoms with van der Waals surface area (Å²) >= 11 is 6.12. The number of nitriles is 1. The maximum atomic E-state index is 8.91. The zero-order valence-electron chi connectivity index (χ0n) is 11.6. The van der Waals surface area contributed by atoms with E-state index in [1.54, 1.807) is 12.1 Å². The highest BCUT2D eigenvalue weighted by molar-refractivity contribution is 6.32. The Labute approximate surface area is 119 Å². The molecule has 0 heterocycles. The van der Waals surface area contributed by atoms with Crippen molar-refractivity contribution in [3.05, 3.63) is 22.7 Å². The third kappa shape index (κ3) is 4.98. The minimum Gasteiger partial charge on any atom is -0.490 e. The first kappa shape index (κ1) is 15.6. The summed E-state index contributed by atoms with van der Waals surface area (Å²) in [5.41, 5.74) is 0.467. The van der Waals surface area contributed by atoms with Crippen molar-refractivity contribution in [1.82, 2.24) is 4.90 Å². The lowest BCUT2D eigenvalue weighted by Gasteiger charge is -2.15. The molecule has 0 aliphatic rings. The zero-order chi connectivity index (χ0) is 14.3. The Morgan fingerprint density at radius 2 is 2.05 bits per heavy atom. The number of ether oxygens (including phenoxy) is 2. The van der Waals surface area contributed by atoms with Crippen molar-refractivity contribution in [3.63, 3.8) is 0 Å². The number of hydrogen-bond acceptors (Lipinski definition) is 4. The number of rotatable bonds is 7. The van der Waals surface area contributed by atoms with Crippen molar-refractivity contribution in [3.8, 4) is 17.6 Å². The van der Waals surface area contributed by atoms with Gasteiger partial charge < -0.3 is 14.4 Å². The lowest BCUT2D eigenvalue weighted by atomic mass is 10.2. The molecule has 0 saturated heterocycles. The summed E-state index contributed by atoms with van der Waals surface area (Å²) in [6, 6.07) is 5.29. The molecule has 0 aliphatic heterocycles. The van der Waals surface area contributed by atoms with Crippen molar-refractivity contribution in [1.29, 1.82) is 5.26 Å². The van der Waals surface area contributed by atoms with Gasteiger partial charge >= 0.3 is 0 Å². The summed E-state index contributed by atoms with van der Waals surface area (Å²) in [5, 5.41) is 9.32. The number of benzene rings is 1. The molecule has 0 amide bonds. The Bertz CT molecular complexity index is 455. The summed E-state index contributed by atoms with van der Waals surface area (Å²) in [7, 11) is 4.03. The highest BCUT2D eigenvalue weighted by Gasteiger charge is 2.12. The summed E-state index contributed by atoms with van der Waals surface area (Å²) in [5.74, 6) is 1.04. The Hall–Kier alpha value is -1.44. The molecular formula is C14H19ClN2O2. The summed E-state index contributed by atoms with van der Waals surface area (Å²) < 4.78 is 11.1. The van der Waals surface area contributed by atoms with E-state index in [1.165, 1.54) is 0 Å². The second-order valence-electron chi connectivity index (χ2n) is 4.34. The average molecular weight is 283 g/mol. The van der Waals surface area contributed by atoms with Crippen LogP contribution >= 0.6 is 11.6 Å². The summed E-state index contributed by atoms with van der Waals surface area (Å²) in [4.78, 5) is 2.09. The topological polar surface area (TPSA) is 45.5 Å². The fourth-order valence-electron chi connectivity index (χ4n) is 1.59. The molecule has 0 saturated carbocycles. The van der Waals surface area contributed by atoms with Gasteiger partial charge in [0.05, 0.1) is 29.9 Å². The molecular weight excluding hydrogens is 264 g/mol. The maximum Gasteiger partial charge on any atom is 0.179 e. The van der Waals surface area contributed by atoms with Gasteiger partial charge in [-0.2, -0.15) is 5.26 Å². The molecule has 0 atom stereocenters. The van der Waals surface area contributed by atoms with Crippen molar-refractivity contribution >= 4 is 11.6 Å². The van der Waals surface area contributed by atoms with E-state index in [0.29, 0.717) is 35.3 Å². The zero-order valence-corrected chi connectivity index (χ0v) is 12.3. The molecule has 0 N–H and O–H groups in total. The summed E-state index contributed by atoms with van der Waals surface area (Å²) in [6.45, 7) is 3.88. The number of nitrogens with zero attached hydrogens (tertiary/aromatic N) is 2. The van der Waals surface area contributed by atoms with E-state index >= 15 is 0 Å². The van der Waals surface area contributed by atoms with Gasteiger partial charge in [-0.1, -0.05) is 11.6 Å². The third-order valence-electron chi connectivity index (χ3n) is 2.43. The molecule has 4 nitrogen and oxygen atoms in total. The van der Waals surface area contributed by atoms with Crippen LogP contribution in [0.5, 0.6) is 11.5 Å². The first-order chi connectivity index (χ1) is 9.08. The monoisotopic (exact) mass is 282 g/mol. The van der Waals surface area contributed by atoms with Crippen molar-refractivity contribution < 1.29 is 9.47 Å². The minimum atomic E-state index is 0.410. The van der Waals surface area contributed by atoms with E-state index in [4.69, 9.17) is 26.3 Å². The molecule has 1 rings (SSSR count). The van der Waals surface area contributed by atoms with Crippen molar-refractivity contribution in [2.45, 2.75) is 13.3 Å². The van der Waals surface area contributed by atoms with Gasteiger partial charge in [-0.3, -0.25) is 0 Å². The van der Waals surface area contributed by atoms with E-state index < -0.39 is 0 Å². The van der Waals surface area contributed by atoms with Crippen LogP contribution in [0.1, 0.15) is 18.9 Å². The Morgan fingerprint density at radius 3 is 2.63 bits per heavy atom. The van der Waals surface area contributed by atoms with Gasteiger partial charge in [0, 0.05) is 12.6 Å². The molecule has 1 aromatic rings. The molecule has 0 aliphatic carbocycles. The standard InChI is InChI=1S/C14H19ClN2O2/c1-4-18-13-9-11(10-16)8-12(15)14(13)19-7-5-6-17(2)3/h8-9H,4-7H2,1-3H3. The van der Waals surface area contributed by atoms with E-state index in [0.717, 1.165) is 13.0 Å². The Morgan fingerprint density at radius 1 is 1.32 bits per heavy atom. The lowest BCUT2D eigenvalue weighted by molar-refractivity contribution is 0.259. The van der Waals surface area contributed by atoms with Crippen LogP contribution in [-0.2, 0) is 0 Å². The quantitative estimate of drug-likeness (QED) is 0.721. The molecule has 0 unspecified atom stereocenters. The molecule has 0 radical (unpaired) electrons. The second kappa shape index (κ2) is 7.88. The van der Waals surface area contributed by atoms with E-state index in [2.05, 4.69) is 4.90 Å². The van der Waals surface area contributed by atoms with Crippen LogP contribution in [0.4, 0.5) is 0 Å². The predicted octanol–water partition coefficient (Wildman–Crippen LogP) is 2.94. The van der Waals surface area contributed by atoms with E-state index in [-0.39, 0.29) is 0 Å². The Kier molecular flexibility index (Phi) is 6.48. The van der Waals surface area contributed by atoms with Gasteiger partial charge in [0.15, 0.2) is 11.5 Å². The van der Waals surface area contributed by atoms with E-state index in [9.17, 15) is 0 Å². The predicted molar refractivity (Wildman–Crippen MR) is 76.0 cm³/mol. The van der Waals surface area contributed by atoms with Crippen LogP contribution in [0.3, 0.4) is 0 Å². The van der Waals surface area contributed by atoms with Crippen LogP contribution in [0, 0.1) is 11.3 Å². The first-order valence-electron chi connectivity index (χ1n) is 6.22. The van der Waals surface area contributed by atoms with E-state index in [1.807, 2.05) is 27.1 Å². The highest BCUT2D eigenvalue weighted by atomic mass is 35.5. The SMILES string of the molecule is CCOc1cc(C#N)cc(Cl)c1OCCCN(C)C. The summed E-state index contributed by atoms with van der Waals surface area (Å²) in [6.07, 6.45) is 0.898. The number of hydrogen-bond donors (Lipinski definition) is 0. The van der Waals surface area contributed by atoms with Gasteiger partial charge in [-0.25, -0.2) is 0 Å². The fraction of sp³-hybridized carbons (Fsp3) is 0.500. The average Bonchev–Trinajstić information content (AvgIpc) is 2.36. The number of halogens is 1. The lowest BCUT2D eigenvalue weighted by Crippen LogP contribution is -2.15. The molecule has 104 valence electrons. The fourth-order valence-corrected chi connectivity index (χ4v) is 1.86. The van der Waals surface area contributed by atoms with Crippen molar-refractivity contribution in [2.75, 3.05) is 33.9 Å². The molecule has 0 spiro atoms. The third-order valence-corrected chi connectivity index (χ3v) is 2.72. The maximum absolute atomic E-state index is 8.91. The molecule has 1 aromatic carbocycles. The van der Waals surface area contributed by atoms with Crippen LogP contribution in [0.15, 0.2) is 12.1 Å². The van der Waals surface area contributed by atoms with Crippen LogP contribution < -0.4 is 9.47 Å². The van der Waals surface area contributed by atoms with Gasteiger partial charge in [-0.05, 0) is 33.5 Å². The van der Waals surface area contributed by atoms with Gasteiger partial charge in [-0.15, -0.1) is 0 Å². The van der Waals surface area contributed by atoms with Gasteiger partial charge in [0.1, 0.15) is 0 Å². The first-order valence-corrected chi connectivity index (χ1v) is 6.60. The normalized spacial score (nSPS) is 10.3. The van der Waals surface area contributed by atoms with Gasteiger partial charge in [0.2, 0.25) is 0 Å². The molecule has 0 aromatic heterocycles. The van der Waals surface area contributed by atoms with Crippen LogP contribution in [0.25, 0.3) is 0 Å². The largest absolute Gasteiger partial charge is 0.490 e. The van der Waals surface area contributed by atoms with Crippen LogP contribution in [-0.4, -0.2) is 38.8 Å². The Balaban J connectivity index is 2.77. The minimum absolute atomic E-state index is 0.410. The molecule has 19 heavy (non-hydrogen) atoms. The van der Waals surface area contributed by atoms with Crippen molar-refractivity contribution in [2.24, 2.45) is 0 Å². The molecule has 5 heteroatoms. The highest BCUT2D eigenvalue weighted by Crippen LogP contribution is 2.36. The van der Waals surface area contributed by atoms with Gasteiger partial charge in [0.25, 0.3) is 0 Å². The second-order valence-corrected chi connectivity index (χ2v) is 4.74. The molecule has 0 bridgehead atoms.